The van der Waals surface area contributed by atoms with Gasteiger partial charge in [-0.15, -0.1) is 12.4 Å². The lowest BCUT2D eigenvalue weighted by atomic mass is 10.3. The van der Waals surface area contributed by atoms with Crippen LogP contribution in [0.15, 0.2) is 0 Å². The van der Waals surface area contributed by atoms with Gasteiger partial charge in [-0.1, -0.05) is 13.8 Å². The summed E-state index contributed by atoms with van der Waals surface area (Å²) in [5, 5.41) is 0. The number of hydrogen-bond donors (Lipinski definition) is 1. The van der Waals surface area contributed by atoms with Crippen molar-refractivity contribution in [1.82, 2.24) is 0 Å². The molecule has 0 bridgehead atoms. The number of nitrogens with two attached hydrogens (primary N) is 1. The molecule has 0 aliphatic heterocycles. The highest BCUT2D eigenvalue weighted by molar-refractivity contribution is 7.99. The summed E-state index contributed by atoms with van der Waals surface area (Å²) in [6, 6.07) is 0. The van der Waals surface area contributed by atoms with E-state index in [0.717, 1.165) is 18.2 Å². The van der Waals surface area contributed by atoms with E-state index in [0.29, 0.717) is 0 Å². The summed E-state index contributed by atoms with van der Waals surface area (Å²) in [4.78, 5) is 0. The average Bonchev–Trinajstić information content (AvgIpc) is 1.66. The molecule has 3 heteroatoms. The van der Waals surface area contributed by atoms with E-state index in [4.69, 9.17) is 5.73 Å². The number of hydrogen-bond acceptors (Lipinski definition) is 2. The summed E-state index contributed by atoms with van der Waals surface area (Å²) < 4.78 is 0. The first-order valence-electron chi connectivity index (χ1n) is 3.05. The third kappa shape index (κ3) is 11.9. The van der Waals surface area contributed by atoms with Gasteiger partial charge in [-0.3, -0.25) is 0 Å². The Balaban J connectivity index is 0. The van der Waals surface area contributed by atoms with Gasteiger partial charge in [0.15, 0.2) is 0 Å². The monoisotopic (exact) mass is 169 g/mol. The van der Waals surface area contributed by atoms with Gasteiger partial charge >= 0.3 is 0 Å². The predicted molar refractivity (Wildman–Crippen MR) is 48.5 cm³/mol. The molecule has 58 valence electrons. The van der Waals surface area contributed by atoms with Crippen LogP contribution in [-0.2, 0) is 0 Å². The lowest BCUT2D eigenvalue weighted by Crippen LogP contribution is -2.03. The van der Waals surface area contributed by atoms with Crippen LogP contribution >= 0.6 is 24.2 Å². The van der Waals surface area contributed by atoms with Crippen LogP contribution in [0.25, 0.3) is 0 Å². The molecular weight excluding hydrogens is 154 g/mol. The Morgan fingerprint density at radius 1 is 1.44 bits per heavy atom. The number of thioether (sulfide) groups is 1. The molecule has 0 aromatic rings. The zero-order chi connectivity index (χ0) is 6.41. The van der Waals surface area contributed by atoms with Crippen molar-refractivity contribution in [3.8, 4) is 0 Å². The van der Waals surface area contributed by atoms with Crippen molar-refractivity contribution >= 4 is 24.2 Å². The summed E-state index contributed by atoms with van der Waals surface area (Å²) >= 11 is 1.94. The molecule has 0 amide bonds. The SMILES string of the molecule is CC(C)CSCCN.Cl. The van der Waals surface area contributed by atoms with Crippen LogP contribution in [0.1, 0.15) is 13.8 Å². The summed E-state index contributed by atoms with van der Waals surface area (Å²) in [6.07, 6.45) is 0. The molecule has 0 aliphatic carbocycles. The maximum Gasteiger partial charge on any atom is 0.00559 e. The normalized spacial score (nSPS) is 9.33. The minimum atomic E-state index is 0. The van der Waals surface area contributed by atoms with E-state index in [1.54, 1.807) is 0 Å². The molecule has 0 saturated carbocycles. The quantitative estimate of drug-likeness (QED) is 0.650. The molecule has 0 unspecified atom stereocenters. The molecule has 9 heavy (non-hydrogen) atoms. The Morgan fingerprint density at radius 2 is 2.00 bits per heavy atom. The van der Waals surface area contributed by atoms with Gasteiger partial charge in [0.25, 0.3) is 0 Å². The van der Waals surface area contributed by atoms with E-state index in [1.807, 2.05) is 11.8 Å². The average molecular weight is 170 g/mol. The molecule has 0 atom stereocenters. The van der Waals surface area contributed by atoms with Crippen molar-refractivity contribution in [2.24, 2.45) is 11.7 Å². The third-order valence-electron chi connectivity index (χ3n) is 0.713. The summed E-state index contributed by atoms with van der Waals surface area (Å²) in [5.74, 6) is 3.17. The lowest BCUT2D eigenvalue weighted by Gasteiger charge is -2.00. The molecule has 0 saturated heterocycles. The molecule has 0 heterocycles. The molecule has 0 radical (unpaired) electrons. The van der Waals surface area contributed by atoms with Crippen molar-refractivity contribution in [3.05, 3.63) is 0 Å². The molecule has 0 aliphatic rings. The van der Waals surface area contributed by atoms with Crippen molar-refractivity contribution in [1.29, 1.82) is 0 Å². The van der Waals surface area contributed by atoms with E-state index in [2.05, 4.69) is 13.8 Å². The van der Waals surface area contributed by atoms with Crippen LogP contribution in [0, 0.1) is 5.92 Å². The topological polar surface area (TPSA) is 26.0 Å². The van der Waals surface area contributed by atoms with E-state index in [9.17, 15) is 0 Å². The van der Waals surface area contributed by atoms with Crippen LogP contribution in [-0.4, -0.2) is 18.1 Å². The number of halogens is 1. The van der Waals surface area contributed by atoms with Gasteiger partial charge in [0.2, 0.25) is 0 Å². The Bertz CT molecular complexity index is 50.3. The Morgan fingerprint density at radius 3 is 2.33 bits per heavy atom. The summed E-state index contributed by atoms with van der Waals surface area (Å²) in [7, 11) is 0. The predicted octanol–water partition coefficient (Wildman–Crippen LogP) is 1.76. The van der Waals surface area contributed by atoms with E-state index in [-0.39, 0.29) is 12.4 Å². The molecule has 0 rings (SSSR count). The Labute approximate surface area is 68.2 Å². The van der Waals surface area contributed by atoms with Crippen molar-refractivity contribution in [2.75, 3.05) is 18.1 Å². The molecule has 1 nitrogen and oxygen atoms in total. The highest BCUT2D eigenvalue weighted by atomic mass is 35.5. The van der Waals surface area contributed by atoms with Crippen LogP contribution in [0.2, 0.25) is 0 Å². The van der Waals surface area contributed by atoms with Gasteiger partial charge < -0.3 is 5.73 Å². The fourth-order valence-electron chi connectivity index (χ4n) is 0.402. The maximum absolute atomic E-state index is 5.29. The maximum atomic E-state index is 5.29. The van der Waals surface area contributed by atoms with E-state index in [1.165, 1.54) is 5.75 Å². The highest BCUT2D eigenvalue weighted by Gasteiger charge is 1.90. The Kier molecular flexibility index (Phi) is 11.7. The molecular formula is C6H16ClNS. The van der Waals surface area contributed by atoms with Gasteiger partial charge in [0, 0.05) is 12.3 Å². The van der Waals surface area contributed by atoms with Gasteiger partial charge in [-0.25, -0.2) is 0 Å². The van der Waals surface area contributed by atoms with Gasteiger partial charge in [-0.2, -0.15) is 11.8 Å². The zero-order valence-electron chi connectivity index (χ0n) is 6.09. The van der Waals surface area contributed by atoms with Crippen LogP contribution in [0.4, 0.5) is 0 Å². The minimum Gasteiger partial charge on any atom is -0.330 e. The summed E-state index contributed by atoms with van der Waals surface area (Å²) in [6.45, 7) is 5.27. The van der Waals surface area contributed by atoms with Gasteiger partial charge in [-0.05, 0) is 11.7 Å². The fraction of sp³-hybridized carbons (Fsp3) is 1.00. The smallest absolute Gasteiger partial charge is 0.00559 e. The third-order valence-corrected chi connectivity index (χ3v) is 2.14. The second-order valence-corrected chi connectivity index (χ2v) is 3.41. The lowest BCUT2D eigenvalue weighted by molar-refractivity contribution is 0.750. The highest BCUT2D eigenvalue weighted by Crippen LogP contribution is 2.04. The summed E-state index contributed by atoms with van der Waals surface area (Å²) in [5.41, 5.74) is 5.29. The van der Waals surface area contributed by atoms with Crippen molar-refractivity contribution < 1.29 is 0 Å². The first-order chi connectivity index (χ1) is 3.77. The number of rotatable bonds is 4. The first kappa shape index (κ1) is 12.3. The van der Waals surface area contributed by atoms with E-state index >= 15 is 0 Å². The fourth-order valence-corrected chi connectivity index (χ4v) is 1.21. The van der Waals surface area contributed by atoms with Crippen LogP contribution < -0.4 is 5.73 Å². The molecule has 2 N–H and O–H groups in total. The van der Waals surface area contributed by atoms with Gasteiger partial charge in [0.05, 0.1) is 0 Å². The van der Waals surface area contributed by atoms with Crippen LogP contribution in [0.5, 0.6) is 0 Å². The minimum absolute atomic E-state index is 0. The molecule has 0 spiro atoms. The zero-order valence-corrected chi connectivity index (χ0v) is 7.73. The molecule has 0 aromatic carbocycles. The van der Waals surface area contributed by atoms with Crippen molar-refractivity contribution in [2.45, 2.75) is 13.8 Å². The second kappa shape index (κ2) is 8.60. The van der Waals surface area contributed by atoms with Gasteiger partial charge in [0.1, 0.15) is 0 Å². The Hall–Kier alpha value is 0.600. The van der Waals surface area contributed by atoms with E-state index < -0.39 is 0 Å². The molecule has 0 fully saturated rings. The largest absolute Gasteiger partial charge is 0.330 e. The molecule has 0 aromatic heterocycles. The second-order valence-electron chi connectivity index (χ2n) is 2.26. The first-order valence-corrected chi connectivity index (χ1v) is 4.20. The van der Waals surface area contributed by atoms with Crippen molar-refractivity contribution in [3.63, 3.8) is 0 Å². The standard InChI is InChI=1S/C6H15NS.ClH/c1-6(2)5-8-4-3-7;/h6H,3-5,7H2,1-2H3;1H. The van der Waals surface area contributed by atoms with Crippen LogP contribution in [0.3, 0.4) is 0 Å².